The van der Waals surface area contributed by atoms with E-state index in [1.54, 1.807) is 19.2 Å². The monoisotopic (exact) mass is 328 g/mol. The second-order valence-corrected chi connectivity index (χ2v) is 5.26. The molecule has 1 aliphatic heterocycles. The third kappa shape index (κ3) is 2.47. The highest BCUT2D eigenvalue weighted by Gasteiger charge is 2.32. The van der Waals surface area contributed by atoms with Gasteiger partial charge in [-0.25, -0.2) is 4.79 Å². The van der Waals surface area contributed by atoms with Crippen molar-refractivity contribution in [3.63, 3.8) is 0 Å². The van der Waals surface area contributed by atoms with Crippen LogP contribution in [0.1, 0.15) is 17.0 Å². The number of rotatable bonds is 2. The molecule has 8 heteroatoms. The molecule has 1 unspecified atom stereocenters. The Bertz CT molecular complexity index is 950. The summed E-state index contributed by atoms with van der Waals surface area (Å²) >= 11 is 5.24. The molecule has 116 valence electrons. The van der Waals surface area contributed by atoms with Crippen molar-refractivity contribution in [1.29, 1.82) is 5.26 Å². The van der Waals surface area contributed by atoms with Crippen LogP contribution in [0.5, 0.6) is 11.6 Å². The van der Waals surface area contributed by atoms with E-state index in [9.17, 15) is 10.1 Å². The fourth-order valence-corrected chi connectivity index (χ4v) is 2.82. The SMILES string of the molecule is COc1ccc(C2C(C#N)=C(N)Oc3[nH]c(=O)[nH]c(=S)c32)cc1. The number of aromatic nitrogens is 2. The Balaban J connectivity index is 2.26. The normalized spacial score (nSPS) is 16.3. The fraction of sp³-hybridized carbons (Fsp3) is 0.133. The molecule has 2 aromatic rings. The van der Waals surface area contributed by atoms with Crippen molar-refractivity contribution in [3.8, 4) is 17.7 Å². The van der Waals surface area contributed by atoms with Gasteiger partial charge in [-0.1, -0.05) is 24.4 Å². The largest absolute Gasteiger partial charge is 0.497 e. The minimum Gasteiger partial charge on any atom is -0.497 e. The number of hydrogen-bond acceptors (Lipinski definition) is 6. The molecule has 0 spiro atoms. The van der Waals surface area contributed by atoms with Crippen molar-refractivity contribution in [1.82, 2.24) is 9.97 Å². The first-order valence-electron chi connectivity index (χ1n) is 6.63. The number of ether oxygens (including phenoxy) is 2. The molecule has 0 aliphatic carbocycles. The van der Waals surface area contributed by atoms with Crippen LogP contribution in [-0.4, -0.2) is 17.1 Å². The standard InChI is InChI=1S/C15H12N4O3S/c1-21-8-4-2-7(3-5-8)10-9(6-16)12(17)22-13-11(10)14(23)19-15(20)18-13/h2-5,10H,17H2,1H3,(H2,18,19,20,23). The molecule has 0 amide bonds. The van der Waals surface area contributed by atoms with Crippen molar-refractivity contribution < 1.29 is 9.47 Å². The van der Waals surface area contributed by atoms with Crippen molar-refractivity contribution in [3.05, 3.63) is 62.0 Å². The number of methoxy groups -OCH3 is 1. The molecule has 1 aromatic heterocycles. The van der Waals surface area contributed by atoms with E-state index in [2.05, 4.69) is 16.0 Å². The lowest BCUT2D eigenvalue weighted by Gasteiger charge is -2.25. The Kier molecular flexibility index (Phi) is 3.64. The quantitative estimate of drug-likeness (QED) is 0.722. The summed E-state index contributed by atoms with van der Waals surface area (Å²) in [4.78, 5) is 16.6. The van der Waals surface area contributed by atoms with Crippen LogP contribution in [0.25, 0.3) is 0 Å². The summed E-state index contributed by atoms with van der Waals surface area (Å²) in [7, 11) is 1.57. The van der Waals surface area contributed by atoms with Gasteiger partial charge in [0.25, 0.3) is 0 Å². The number of nitrogens with one attached hydrogen (secondary N) is 2. The van der Waals surface area contributed by atoms with Gasteiger partial charge in [-0.2, -0.15) is 5.26 Å². The molecule has 0 saturated heterocycles. The Morgan fingerprint density at radius 1 is 1.35 bits per heavy atom. The van der Waals surface area contributed by atoms with E-state index in [0.717, 1.165) is 5.56 Å². The highest BCUT2D eigenvalue weighted by atomic mass is 32.1. The first-order chi connectivity index (χ1) is 11.0. The topological polar surface area (TPSA) is 117 Å². The van der Waals surface area contributed by atoms with Gasteiger partial charge in [0.15, 0.2) is 0 Å². The van der Waals surface area contributed by atoms with Crippen LogP contribution >= 0.6 is 12.2 Å². The number of fused-ring (bicyclic) bond motifs is 1. The number of aromatic amines is 2. The zero-order valence-corrected chi connectivity index (χ0v) is 12.9. The van der Waals surface area contributed by atoms with E-state index in [1.165, 1.54) is 0 Å². The predicted octanol–water partition coefficient (Wildman–Crippen LogP) is 1.66. The maximum absolute atomic E-state index is 11.6. The lowest BCUT2D eigenvalue weighted by Crippen LogP contribution is -2.25. The number of hydrogen-bond donors (Lipinski definition) is 3. The van der Waals surface area contributed by atoms with E-state index in [0.29, 0.717) is 11.3 Å². The Labute approximate surface area is 136 Å². The average molecular weight is 328 g/mol. The van der Waals surface area contributed by atoms with Gasteiger partial charge in [0.2, 0.25) is 11.8 Å². The molecule has 3 rings (SSSR count). The van der Waals surface area contributed by atoms with Gasteiger partial charge < -0.3 is 15.2 Å². The van der Waals surface area contributed by atoms with Gasteiger partial charge in [-0.05, 0) is 17.7 Å². The van der Waals surface area contributed by atoms with Gasteiger partial charge in [-0.15, -0.1) is 0 Å². The van der Waals surface area contributed by atoms with Gasteiger partial charge in [0, 0.05) is 0 Å². The maximum atomic E-state index is 11.6. The van der Waals surface area contributed by atoms with Crippen LogP contribution in [-0.2, 0) is 0 Å². The summed E-state index contributed by atoms with van der Waals surface area (Å²) in [5.74, 6) is 0.242. The van der Waals surface area contributed by atoms with Crippen LogP contribution in [0, 0.1) is 16.0 Å². The Hall–Kier alpha value is -3.05. The molecule has 1 aliphatic rings. The molecule has 7 nitrogen and oxygen atoms in total. The minimum atomic E-state index is -0.532. The summed E-state index contributed by atoms with van der Waals surface area (Å²) in [5, 5.41) is 9.46. The third-order valence-corrected chi connectivity index (χ3v) is 3.89. The first-order valence-corrected chi connectivity index (χ1v) is 7.04. The summed E-state index contributed by atoms with van der Waals surface area (Å²) in [5.41, 5.74) is 6.83. The molecule has 23 heavy (non-hydrogen) atoms. The summed E-state index contributed by atoms with van der Waals surface area (Å²) in [6.07, 6.45) is 0. The fourth-order valence-electron chi connectivity index (χ4n) is 2.52. The van der Waals surface area contributed by atoms with Gasteiger partial charge in [0.1, 0.15) is 22.0 Å². The first kappa shape index (κ1) is 14.9. The van der Waals surface area contributed by atoms with Crippen molar-refractivity contribution in [2.45, 2.75) is 5.92 Å². The number of nitrogens with two attached hydrogens (primary N) is 1. The number of nitrogens with zero attached hydrogens (tertiary/aromatic N) is 1. The maximum Gasteiger partial charge on any atom is 0.326 e. The zero-order chi connectivity index (χ0) is 16.6. The molecule has 0 saturated carbocycles. The van der Waals surface area contributed by atoms with E-state index in [1.807, 2.05) is 12.1 Å². The van der Waals surface area contributed by atoms with Gasteiger partial charge >= 0.3 is 5.69 Å². The lowest BCUT2D eigenvalue weighted by atomic mass is 9.85. The molecule has 1 aromatic carbocycles. The summed E-state index contributed by atoms with van der Waals surface area (Å²) in [6, 6.07) is 9.22. The molecule has 0 bridgehead atoms. The molecule has 2 heterocycles. The number of nitriles is 1. The average Bonchev–Trinajstić information content (AvgIpc) is 2.53. The summed E-state index contributed by atoms with van der Waals surface area (Å²) < 4.78 is 10.7. The van der Waals surface area contributed by atoms with Gasteiger partial charge in [-0.3, -0.25) is 9.97 Å². The van der Waals surface area contributed by atoms with Crippen molar-refractivity contribution >= 4 is 12.2 Å². The molecular weight excluding hydrogens is 316 g/mol. The lowest BCUT2D eigenvalue weighted by molar-refractivity contribution is 0.374. The van der Waals surface area contributed by atoms with Crippen LogP contribution in [0.4, 0.5) is 0 Å². The minimum absolute atomic E-state index is 0.0583. The zero-order valence-electron chi connectivity index (χ0n) is 12.0. The van der Waals surface area contributed by atoms with Gasteiger partial charge in [0.05, 0.1) is 18.6 Å². The molecular formula is C15H12N4O3S. The van der Waals surface area contributed by atoms with E-state index in [-0.39, 0.29) is 22.0 Å². The van der Waals surface area contributed by atoms with E-state index >= 15 is 0 Å². The molecule has 4 N–H and O–H groups in total. The smallest absolute Gasteiger partial charge is 0.326 e. The van der Waals surface area contributed by atoms with E-state index < -0.39 is 11.6 Å². The number of benzene rings is 1. The predicted molar refractivity (Wildman–Crippen MR) is 84.5 cm³/mol. The Morgan fingerprint density at radius 3 is 2.65 bits per heavy atom. The number of allylic oxidation sites excluding steroid dienone is 1. The van der Waals surface area contributed by atoms with Crippen LogP contribution in [0.15, 0.2) is 40.5 Å². The molecule has 1 atom stereocenters. The highest BCUT2D eigenvalue weighted by Crippen LogP contribution is 2.40. The second-order valence-electron chi connectivity index (χ2n) is 4.85. The Morgan fingerprint density at radius 2 is 2.04 bits per heavy atom. The number of H-pyrrole nitrogens is 2. The van der Waals surface area contributed by atoms with Crippen molar-refractivity contribution in [2.75, 3.05) is 7.11 Å². The molecule has 0 fully saturated rings. The molecule has 0 radical (unpaired) electrons. The van der Waals surface area contributed by atoms with E-state index in [4.69, 9.17) is 27.4 Å². The van der Waals surface area contributed by atoms with Crippen LogP contribution in [0.2, 0.25) is 0 Å². The van der Waals surface area contributed by atoms with Crippen LogP contribution < -0.4 is 20.9 Å². The van der Waals surface area contributed by atoms with Crippen molar-refractivity contribution in [2.24, 2.45) is 5.73 Å². The highest BCUT2D eigenvalue weighted by molar-refractivity contribution is 7.71. The second kappa shape index (κ2) is 5.62. The summed E-state index contributed by atoms with van der Waals surface area (Å²) in [6.45, 7) is 0. The van der Waals surface area contributed by atoms with Crippen LogP contribution in [0.3, 0.4) is 0 Å². The third-order valence-electron chi connectivity index (χ3n) is 3.57.